The number of hydrogen-bond donors (Lipinski definition) is 0. The third kappa shape index (κ3) is 3.76. The molecule has 164 valence electrons. The van der Waals surface area contributed by atoms with Crippen molar-refractivity contribution in [2.75, 3.05) is 20.3 Å². The molecule has 32 heavy (non-hydrogen) atoms. The highest BCUT2D eigenvalue weighted by atomic mass is 35.5. The summed E-state index contributed by atoms with van der Waals surface area (Å²) in [6.07, 6.45) is 5.18. The fourth-order valence-electron chi connectivity index (χ4n) is 3.95. The van der Waals surface area contributed by atoms with Gasteiger partial charge in [0.25, 0.3) is 0 Å². The Balaban J connectivity index is 1.48. The maximum atomic E-state index is 14.2. The van der Waals surface area contributed by atoms with Gasteiger partial charge in [-0.2, -0.15) is 0 Å². The van der Waals surface area contributed by atoms with Crippen LogP contribution in [-0.4, -0.2) is 39.7 Å². The Morgan fingerprint density at radius 1 is 1.16 bits per heavy atom. The normalized spacial score (nSPS) is 14.1. The number of rotatable bonds is 4. The monoisotopic (exact) mass is 456 g/mol. The van der Waals surface area contributed by atoms with Crippen molar-refractivity contribution in [3.05, 3.63) is 76.7 Å². The second-order valence-corrected chi connectivity index (χ2v) is 7.94. The summed E-state index contributed by atoms with van der Waals surface area (Å²) < 4.78 is 40.5. The first-order chi connectivity index (χ1) is 15.5. The van der Waals surface area contributed by atoms with E-state index < -0.39 is 11.6 Å². The third-order valence-electron chi connectivity index (χ3n) is 5.46. The zero-order chi connectivity index (χ0) is 22.2. The van der Waals surface area contributed by atoms with E-state index in [2.05, 4.69) is 14.9 Å². The van der Waals surface area contributed by atoms with Gasteiger partial charge in [-0.3, -0.25) is 4.90 Å². The lowest BCUT2D eigenvalue weighted by molar-refractivity contribution is 0.219. The Hall–Kier alpha value is -3.23. The molecular weight excluding hydrogens is 438 g/mol. The lowest BCUT2D eigenvalue weighted by atomic mass is 10.1. The molecule has 2 aromatic carbocycles. The molecule has 0 unspecified atom stereocenters. The first-order valence-electron chi connectivity index (χ1n) is 10.0. The van der Waals surface area contributed by atoms with Crippen LogP contribution in [-0.2, 0) is 13.1 Å². The van der Waals surface area contributed by atoms with Crippen LogP contribution in [0.1, 0.15) is 11.1 Å². The Kier molecular flexibility index (Phi) is 5.40. The fourth-order valence-corrected chi connectivity index (χ4v) is 4.24. The summed E-state index contributed by atoms with van der Waals surface area (Å²) in [7, 11) is 1.53. The predicted octanol–water partition coefficient (Wildman–Crippen LogP) is 4.76. The first kappa shape index (κ1) is 20.7. The maximum Gasteiger partial charge on any atom is 0.316 e. The van der Waals surface area contributed by atoms with E-state index in [1.165, 1.54) is 7.11 Å². The van der Waals surface area contributed by atoms with E-state index in [4.69, 9.17) is 21.1 Å². The molecule has 4 aromatic rings. The number of ether oxygens (including phenoxy) is 2. The number of fused-ring (bicyclic) bond motifs is 2. The van der Waals surface area contributed by atoms with Gasteiger partial charge in [0.15, 0.2) is 11.6 Å². The Morgan fingerprint density at radius 3 is 2.75 bits per heavy atom. The van der Waals surface area contributed by atoms with E-state index in [9.17, 15) is 8.78 Å². The van der Waals surface area contributed by atoms with Gasteiger partial charge in [-0.25, -0.2) is 18.7 Å². The standard InChI is InChI=1S/C23H19ClF2N4O2/c1-31-23-27-10-14(11-28-23)12-29-6-7-32-22-15(13-29)8-16(9-18(22)24)30-5-4-17-20(30)3-2-19(25)21(17)26/h2-5,8-11H,6-7,12-13H2,1H3. The van der Waals surface area contributed by atoms with Crippen molar-refractivity contribution in [1.29, 1.82) is 0 Å². The molecule has 0 saturated heterocycles. The van der Waals surface area contributed by atoms with Gasteiger partial charge >= 0.3 is 6.01 Å². The lowest BCUT2D eigenvalue weighted by Gasteiger charge is -2.19. The van der Waals surface area contributed by atoms with E-state index in [0.29, 0.717) is 48.5 Å². The SMILES string of the molecule is COc1ncc(CN2CCOc3c(Cl)cc(-n4ccc5c(F)c(F)ccc54)cc3C2)cn1. The van der Waals surface area contributed by atoms with Gasteiger partial charge in [0.05, 0.1) is 17.6 Å². The topological polar surface area (TPSA) is 52.4 Å². The van der Waals surface area contributed by atoms with Gasteiger partial charge < -0.3 is 14.0 Å². The molecule has 0 amide bonds. The molecule has 2 aromatic heterocycles. The van der Waals surface area contributed by atoms with Crippen LogP contribution in [0.25, 0.3) is 16.6 Å². The quantitative estimate of drug-likeness (QED) is 0.443. The van der Waals surface area contributed by atoms with Crippen molar-refractivity contribution in [2.45, 2.75) is 13.1 Å². The highest BCUT2D eigenvalue weighted by Crippen LogP contribution is 2.36. The van der Waals surface area contributed by atoms with Crippen molar-refractivity contribution in [2.24, 2.45) is 0 Å². The average molecular weight is 457 g/mol. The van der Waals surface area contributed by atoms with Gasteiger partial charge in [-0.1, -0.05) is 11.6 Å². The molecule has 0 saturated carbocycles. The zero-order valence-electron chi connectivity index (χ0n) is 17.2. The van der Waals surface area contributed by atoms with Crippen LogP contribution in [0.3, 0.4) is 0 Å². The molecule has 0 fully saturated rings. The number of halogens is 3. The molecule has 0 atom stereocenters. The molecule has 1 aliphatic rings. The minimum atomic E-state index is -0.873. The third-order valence-corrected chi connectivity index (χ3v) is 5.74. The summed E-state index contributed by atoms with van der Waals surface area (Å²) in [5.41, 5.74) is 3.16. The van der Waals surface area contributed by atoms with Crippen molar-refractivity contribution in [3.63, 3.8) is 0 Å². The van der Waals surface area contributed by atoms with Gasteiger partial charge in [-0.05, 0) is 30.3 Å². The summed E-state index contributed by atoms with van der Waals surface area (Å²) in [6.45, 7) is 2.41. The molecule has 5 rings (SSSR count). The number of methoxy groups -OCH3 is 1. The minimum Gasteiger partial charge on any atom is -0.490 e. The number of nitrogens with zero attached hydrogens (tertiary/aromatic N) is 4. The van der Waals surface area contributed by atoms with Gasteiger partial charge in [0.2, 0.25) is 0 Å². The summed E-state index contributed by atoms with van der Waals surface area (Å²) >= 11 is 6.56. The maximum absolute atomic E-state index is 14.2. The van der Waals surface area contributed by atoms with Crippen molar-refractivity contribution >= 4 is 22.5 Å². The average Bonchev–Trinajstić information content (AvgIpc) is 3.12. The molecule has 3 heterocycles. The zero-order valence-corrected chi connectivity index (χ0v) is 17.9. The summed E-state index contributed by atoms with van der Waals surface area (Å²) in [6, 6.07) is 8.30. The number of hydrogen-bond acceptors (Lipinski definition) is 5. The van der Waals surface area contributed by atoms with E-state index in [1.54, 1.807) is 41.4 Å². The largest absolute Gasteiger partial charge is 0.490 e. The second kappa shape index (κ2) is 8.37. The smallest absolute Gasteiger partial charge is 0.316 e. The van der Waals surface area contributed by atoms with E-state index in [-0.39, 0.29) is 5.39 Å². The molecule has 0 aliphatic carbocycles. The van der Waals surface area contributed by atoms with Crippen LogP contribution in [0.5, 0.6) is 11.8 Å². The molecular formula is C23H19ClF2N4O2. The minimum absolute atomic E-state index is 0.216. The Bertz CT molecular complexity index is 1290. The van der Waals surface area contributed by atoms with Crippen LogP contribution in [0.4, 0.5) is 8.78 Å². The fraction of sp³-hybridized carbons (Fsp3) is 0.217. The molecule has 0 radical (unpaired) electrons. The molecule has 0 bridgehead atoms. The van der Waals surface area contributed by atoms with Gasteiger partial charge in [0.1, 0.15) is 12.4 Å². The Morgan fingerprint density at radius 2 is 1.97 bits per heavy atom. The van der Waals surface area contributed by atoms with Gasteiger partial charge in [-0.15, -0.1) is 0 Å². The first-order valence-corrected chi connectivity index (χ1v) is 10.4. The molecule has 9 heteroatoms. The predicted molar refractivity (Wildman–Crippen MR) is 116 cm³/mol. The van der Waals surface area contributed by atoms with Crippen molar-refractivity contribution < 1.29 is 18.3 Å². The van der Waals surface area contributed by atoms with Crippen LogP contribution in [0.2, 0.25) is 5.02 Å². The van der Waals surface area contributed by atoms with Gasteiger partial charge in [0, 0.05) is 60.4 Å². The van der Waals surface area contributed by atoms with Crippen LogP contribution >= 0.6 is 11.6 Å². The number of aromatic nitrogens is 3. The van der Waals surface area contributed by atoms with E-state index in [0.717, 1.165) is 22.9 Å². The second-order valence-electron chi connectivity index (χ2n) is 7.53. The lowest BCUT2D eigenvalue weighted by Crippen LogP contribution is -2.25. The molecule has 0 N–H and O–H groups in total. The molecule has 0 spiro atoms. The van der Waals surface area contributed by atoms with Crippen molar-refractivity contribution in [3.8, 4) is 17.4 Å². The Labute approximate surface area is 188 Å². The van der Waals surface area contributed by atoms with Crippen molar-refractivity contribution in [1.82, 2.24) is 19.4 Å². The highest BCUT2D eigenvalue weighted by molar-refractivity contribution is 6.32. The van der Waals surface area contributed by atoms with E-state index >= 15 is 0 Å². The van der Waals surface area contributed by atoms with Crippen LogP contribution in [0.15, 0.2) is 48.9 Å². The summed E-state index contributed by atoms with van der Waals surface area (Å²) in [5.74, 6) is -1.10. The number of benzene rings is 2. The van der Waals surface area contributed by atoms with E-state index in [1.807, 2.05) is 6.07 Å². The van der Waals surface area contributed by atoms with Crippen LogP contribution < -0.4 is 9.47 Å². The molecule has 1 aliphatic heterocycles. The molecule has 6 nitrogen and oxygen atoms in total. The highest BCUT2D eigenvalue weighted by Gasteiger charge is 2.21. The summed E-state index contributed by atoms with van der Waals surface area (Å²) in [4.78, 5) is 10.5. The summed E-state index contributed by atoms with van der Waals surface area (Å²) in [5, 5.41) is 0.685. The van der Waals surface area contributed by atoms with Crippen LogP contribution in [0, 0.1) is 11.6 Å².